The van der Waals surface area contributed by atoms with Crippen LogP contribution in [-0.4, -0.2) is 6.54 Å². The Morgan fingerprint density at radius 3 is 2.30 bits per heavy atom. The van der Waals surface area contributed by atoms with Gasteiger partial charge in [0.25, 0.3) is 0 Å². The molecule has 0 aliphatic carbocycles. The summed E-state index contributed by atoms with van der Waals surface area (Å²) >= 11 is 0. The molecule has 0 bridgehead atoms. The first-order valence-electron chi connectivity index (χ1n) is 6.84. The van der Waals surface area contributed by atoms with Crippen LogP contribution in [0, 0.1) is 18.6 Å². The van der Waals surface area contributed by atoms with E-state index in [4.69, 9.17) is 0 Å². The molecule has 0 radical (unpaired) electrons. The normalized spacial score (nSPS) is 12.4. The lowest BCUT2D eigenvalue weighted by Crippen LogP contribution is -2.23. The van der Waals surface area contributed by atoms with E-state index in [0.717, 1.165) is 23.2 Å². The van der Waals surface area contributed by atoms with Crippen LogP contribution in [0.4, 0.5) is 8.78 Å². The van der Waals surface area contributed by atoms with Crippen molar-refractivity contribution >= 4 is 0 Å². The van der Waals surface area contributed by atoms with Gasteiger partial charge in [-0.25, -0.2) is 8.78 Å². The summed E-state index contributed by atoms with van der Waals surface area (Å²) in [7, 11) is 0. The zero-order valence-electron chi connectivity index (χ0n) is 11.8. The summed E-state index contributed by atoms with van der Waals surface area (Å²) in [5, 5.41) is 3.37. The first kappa shape index (κ1) is 14.7. The molecule has 0 fully saturated rings. The lowest BCUT2D eigenvalue weighted by molar-refractivity contribution is 0.543. The second-order valence-corrected chi connectivity index (χ2v) is 4.94. The second-order valence-electron chi connectivity index (χ2n) is 4.94. The van der Waals surface area contributed by atoms with Crippen molar-refractivity contribution in [3.63, 3.8) is 0 Å². The maximum atomic E-state index is 13.4. The fourth-order valence-corrected chi connectivity index (χ4v) is 2.33. The van der Waals surface area contributed by atoms with E-state index >= 15 is 0 Å². The van der Waals surface area contributed by atoms with Crippen LogP contribution in [0.3, 0.4) is 0 Å². The Hall–Kier alpha value is -1.74. The third kappa shape index (κ3) is 3.64. The molecule has 0 saturated heterocycles. The average Bonchev–Trinajstić information content (AvgIpc) is 2.43. The van der Waals surface area contributed by atoms with E-state index in [9.17, 15) is 8.78 Å². The van der Waals surface area contributed by atoms with Gasteiger partial charge in [0, 0.05) is 6.04 Å². The third-order valence-corrected chi connectivity index (χ3v) is 3.46. The molecule has 1 nitrogen and oxygen atoms in total. The van der Waals surface area contributed by atoms with Crippen molar-refractivity contribution in [3.05, 3.63) is 70.8 Å². The first-order valence-corrected chi connectivity index (χ1v) is 6.84. The summed E-state index contributed by atoms with van der Waals surface area (Å²) < 4.78 is 26.4. The van der Waals surface area contributed by atoms with Gasteiger partial charge < -0.3 is 5.32 Å². The highest BCUT2D eigenvalue weighted by Gasteiger charge is 2.13. The van der Waals surface area contributed by atoms with E-state index in [1.54, 1.807) is 24.3 Å². The number of likely N-dealkylation sites (N-methyl/N-ethyl adjacent to an activating group) is 1. The Morgan fingerprint density at radius 1 is 1.00 bits per heavy atom. The molecule has 20 heavy (non-hydrogen) atoms. The molecule has 2 aromatic carbocycles. The van der Waals surface area contributed by atoms with E-state index in [-0.39, 0.29) is 17.7 Å². The van der Waals surface area contributed by atoms with Gasteiger partial charge in [-0.2, -0.15) is 0 Å². The van der Waals surface area contributed by atoms with Gasteiger partial charge in [0.15, 0.2) is 0 Å². The highest BCUT2D eigenvalue weighted by Crippen LogP contribution is 2.21. The Balaban J connectivity index is 2.25. The van der Waals surface area contributed by atoms with E-state index in [1.165, 1.54) is 18.2 Å². The summed E-state index contributed by atoms with van der Waals surface area (Å²) in [5.74, 6) is -0.467. The monoisotopic (exact) mass is 275 g/mol. The van der Waals surface area contributed by atoms with Crippen LogP contribution in [0.15, 0.2) is 42.5 Å². The fourth-order valence-electron chi connectivity index (χ4n) is 2.33. The predicted octanol–water partition coefficient (Wildman–Crippen LogP) is 4.17. The lowest BCUT2D eigenvalue weighted by atomic mass is 9.96. The molecule has 0 spiro atoms. The number of nitrogens with one attached hydrogen (secondary N) is 1. The molecule has 106 valence electrons. The molecule has 0 aromatic heterocycles. The minimum Gasteiger partial charge on any atom is -0.310 e. The zero-order valence-corrected chi connectivity index (χ0v) is 11.8. The van der Waals surface area contributed by atoms with Crippen molar-refractivity contribution in [2.24, 2.45) is 0 Å². The van der Waals surface area contributed by atoms with Gasteiger partial charge in [0.1, 0.15) is 11.6 Å². The molecule has 1 unspecified atom stereocenters. The summed E-state index contributed by atoms with van der Waals surface area (Å²) in [6.45, 7) is 4.80. The molecule has 0 heterocycles. The minimum absolute atomic E-state index is 0.0566. The number of hydrogen-bond acceptors (Lipinski definition) is 1. The molecule has 1 atom stereocenters. The SMILES string of the molecule is CCNC(Cc1cc(F)ccc1C)c1ccc(F)cc1. The Morgan fingerprint density at radius 2 is 1.65 bits per heavy atom. The van der Waals surface area contributed by atoms with Gasteiger partial charge in [0.2, 0.25) is 0 Å². The third-order valence-electron chi connectivity index (χ3n) is 3.46. The molecular weight excluding hydrogens is 256 g/mol. The standard InChI is InChI=1S/C17H19F2N/c1-3-20-17(13-5-8-15(18)9-6-13)11-14-10-16(19)7-4-12(14)2/h4-10,17,20H,3,11H2,1-2H3. The quantitative estimate of drug-likeness (QED) is 0.863. The number of benzene rings is 2. The van der Waals surface area contributed by atoms with Gasteiger partial charge in [-0.05, 0) is 60.8 Å². The topological polar surface area (TPSA) is 12.0 Å². The average molecular weight is 275 g/mol. The minimum atomic E-state index is -0.245. The smallest absolute Gasteiger partial charge is 0.123 e. The number of hydrogen-bond donors (Lipinski definition) is 1. The maximum absolute atomic E-state index is 13.4. The summed E-state index contributed by atoms with van der Waals surface area (Å²) in [5.41, 5.74) is 3.05. The Kier molecular flexibility index (Phi) is 4.85. The van der Waals surface area contributed by atoms with E-state index in [1.807, 2.05) is 13.8 Å². The van der Waals surface area contributed by atoms with E-state index in [0.29, 0.717) is 6.42 Å². The van der Waals surface area contributed by atoms with Gasteiger partial charge >= 0.3 is 0 Å². The van der Waals surface area contributed by atoms with Crippen LogP contribution in [0.1, 0.15) is 29.7 Å². The van der Waals surface area contributed by atoms with Crippen molar-refractivity contribution < 1.29 is 8.78 Å². The van der Waals surface area contributed by atoms with Gasteiger partial charge in [-0.1, -0.05) is 25.1 Å². The molecule has 2 aromatic rings. The molecule has 0 saturated carbocycles. The van der Waals surface area contributed by atoms with Crippen LogP contribution < -0.4 is 5.32 Å². The summed E-state index contributed by atoms with van der Waals surface area (Å²) in [4.78, 5) is 0. The fraction of sp³-hybridized carbons (Fsp3) is 0.294. The molecular formula is C17H19F2N. The van der Waals surface area contributed by atoms with Crippen molar-refractivity contribution in [3.8, 4) is 0 Å². The number of aryl methyl sites for hydroxylation is 1. The van der Waals surface area contributed by atoms with Crippen LogP contribution in [0.5, 0.6) is 0 Å². The van der Waals surface area contributed by atoms with Gasteiger partial charge in [0.05, 0.1) is 0 Å². The first-order chi connectivity index (χ1) is 9.60. The second kappa shape index (κ2) is 6.62. The number of rotatable bonds is 5. The zero-order chi connectivity index (χ0) is 14.5. The van der Waals surface area contributed by atoms with Crippen molar-refractivity contribution in [2.75, 3.05) is 6.54 Å². The van der Waals surface area contributed by atoms with Crippen molar-refractivity contribution in [1.82, 2.24) is 5.32 Å². The van der Waals surface area contributed by atoms with Crippen molar-refractivity contribution in [2.45, 2.75) is 26.3 Å². The van der Waals surface area contributed by atoms with Crippen LogP contribution >= 0.6 is 0 Å². The van der Waals surface area contributed by atoms with Crippen molar-refractivity contribution in [1.29, 1.82) is 0 Å². The molecule has 0 aliphatic heterocycles. The molecule has 0 amide bonds. The highest BCUT2D eigenvalue weighted by atomic mass is 19.1. The van der Waals surface area contributed by atoms with Gasteiger partial charge in [-0.3, -0.25) is 0 Å². The predicted molar refractivity (Wildman–Crippen MR) is 77.7 cm³/mol. The summed E-state index contributed by atoms with van der Waals surface area (Å²) in [6.07, 6.45) is 0.684. The van der Waals surface area contributed by atoms with Crippen LogP contribution in [0.25, 0.3) is 0 Å². The van der Waals surface area contributed by atoms with Crippen LogP contribution in [0.2, 0.25) is 0 Å². The number of halogens is 2. The highest BCUT2D eigenvalue weighted by molar-refractivity contribution is 5.30. The maximum Gasteiger partial charge on any atom is 0.123 e. The van der Waals surface area contributed by atoms with E-state index < -0.39 is 0 Å². The largest absolute Gasteiger partial charge is 0.310 e. The molecule has 1 N–H and O–H groups in total. The van der Waals surface area contributed by atoms with Gasteiger partial charge in [-0.15, -0.1) is 0 Å². The lowest BCUT2D eigenvalue weighted by Gasteiger charge is -2.19. The van der Waals surface area contributed by atoms with E-state index in [2.05, 4.69) is 5.32 Å². The Bertz CT molecular complexity index is 564. The van der Waals surface area contributed by atoms with Crippen LogP contribution in [-0.2, 0) is 6.42 Å². The molecule has 2 rings (SSSR count). The summed E-state index contributed by atoms with van der Waals surface area (Å²) in [6, 6.07) is 11.4. The molecule has 0 aliphatic rings. The Labute approximate surface area is 118 Å². The molecule has 3 heteroatoms.